The zero-order valence-electron chi connectivity index (χ0n) is 15.4. The van der Waals surface area contributed by atoms with Gasteiger partial charge in [-0.25, -0.2) is 4.79 Å². The van der Waals surface area contributed by atoms with Crippen molar-refractivity contribution in [3.63, 3.8) is 0 Å². The second-order valence-corrected chi connectivity index (χ2v) is 6.68. The van der Waals surface area contributed by atoms with Gasteiger partial charge >= 0.3 is 6.03 Å². The fourth-order valence-corrected chi connectivity index (χ4v) is 3.20. The zero-order valence-corrected chi connectivity index (χ0v) is 15.4. The van der Waals surface area contributed by atoms with Crippen LogP contribution in [0.5, 0.6) is 11.5 Å². The van der Waals surface area contributed by atoms with E-state index in [1.807, 2.05) is 36.4 Å². The summed E-state index contributed by atoms with van der Waals surface area (Å²) in [5, 5.41) is 5.94. The van der Waals surface area contributed by atoms with E-state index in [4.69, 9.17) is 9.47 Å². The summed E-state index contributed by atoms with van der Waals surface area (Å²) in [6, 6.07) is 15.9. The van der Waals surface area contributed by atoms with Gasteiger partial charge in [0.15, 0.2) is 0 Å². The molecule has 0 spiro atoms. The van der Waals surface area contributed by atoms with Crippen molar-refractivity contribution in [1.29, 1.82) is 0 Å². The van der Waals surface area contributed by atoms with Crippen molar-refractivity contribution in [1.82, 2.24) is 10.6 Å². The van der Waals surface area contributed by atoms with Crippen LogP contribution >= 0.6 is 0 Å². The molecule has 5 heteroatoms. The van der Waals surface area contributed by atoms with E-state index in [2.05, 4.69) is 22.8 Å². The Morgan fingerprint density at radius 3 is 2.38 bits per heavy atom. The molecule has 2 amide bonds. The molecule has 0 unspecified atom stereocenters. The van der Waals surface area contributed by atoms with Crippen LogP contribution in [0.4, 0.5) is 4.79 Å². The number of hydrogen-bond donors (Lipinski definition) is 2. The molecule has 138 valence electrons. The van der Waals surface area contributed by atoms with Crippen LogP contribution in [-0.4, -0.2) is 33.3 Å². The average Bonchev–Trinajstić information content (AvgIpc) is 3.48. The molecule has 1 fully saturated rings. The number of para-hydroxylation sites is 1. The van der Waals surface area contributed by atoms with Gasteiger partial charge in [0.05, 0.1) is 14.2 Å². The summed E-state index contributed by atoms with van der Waals surface area (Å²) in [5.41, 5.74) is 2.42. The molecule has 1 saturated carbocycles. The van der Waals surface area contributed by atoms with Gasteiger partial charge in [-0.3, -0.25) is 0 Å². The number of ether oxygens (including phenoxy) is 2. The first-order chi connectivity index (χ1) is 12.7. The summed E-state index contributed by atoms with van der Waals surface area (Å²) in [4.78, 5) is 12.1. The van der Waals surface area contributed by atoms with E-state index in [0.29, 0.717) is 13.1 Å². The van der Waals surface area contributed by atoms with Crippen molar-refractivity contribution >= 4 is 6.03 Å². The Bertz CT molecular complexity index is 739. The van der Waals surface area contributed by atoms with Crippen molar-refractivity contribution in [3.05, 3.63) is 59.7 Å². The lowest BCUT2D eigenvalue weighted by Gasteiger charge is -2.17. The van der Waals surface area contributed by atoms with E-state index in [-0.39, 0.29) is 11.4 Å². The molecule has 2 aromatic rings. The molecule has 26 heavy (non-hydrogen) atoms. The minimum atomic E-state index is -0.125. The van der Waals surface area contributed by atoms with Gasteiger partial charge in [-0.2, -0.15) is 0 Å². The lowest BCUT2D eigenvalue weighted by Crippen LogP contribution is -2.40. The zero-order chi connectivity index (χ0) is 18.4. The Morgan fingerprint density at radius 1 is 1.00 bits per heavy atom. The van der Waals surface area contributed by atoms with Crippen LogP contribution in [0, 0.1) is 0 Å². The van der Waals surface area contributed by atoms with E-state index in [1.165, 1.54) is 5.56 Å². The number of methoxy groups -OCH3 is 2. The number of rotatable bonds is 8. The Hall–Kier alpha value is -2.69. The van der Waals surface area contributed by atoms with Crippen LogP contribution < -0.4 is 20.1 Å². The molecule has 0 atom stereocenters. The number of hydrogen-bond acceptors (Lipinski definition) is 3. The second-order valence-electron chi connectivity index (χ2n) is 6.68. The highest BCUT2D eigenvalue weighted by molar-refractivity contribution is 5.74. The summed E-state index contributed by atoms with van der Waals surface area (Å²) in [5.74, 6) is 1.71. The molecule has 1 aliphatic carbocycles. The van der Waals surface area contributed by atoms with Crippen LogP contribution in [-0.2, 0) is 11.8 Å². The van der Waals surface area contributed by atoms with Crippen molar-refractivity contribution < 1.29 is 14.3 Å². The predicted octanol–water partition coefficient (Wildman–Crippen LogP) is 3.28. The normalized spacial score (nSPS) is 14.4. The van der Waals surface area contributed by atoms with E-state index < -0.39 is 0 Å². The summed E-state index contributed by atoms with van der Waals surface area (Å²) < 4.78 is 10.5. The summed E-state index contributed by atoms with van der Waals surface area (Å²) >= 11 is 0. The highest BCUT2D eigenvalue weighted by atomic mass is 16.5. The Labute approximate surface area is 154 Å². The van der Waals surface area contributed by atoms with Gasteiger partial charge in [0, 0.05) is 18.5 Å². The predicted molar refractivity (Wildman–Crippen MR) is 102 cm³/mol. The lowest BCUT2D eigenvalue weighted by molar-refractivity contribution is 0.240. The van der Waals surface area contributed by atoms with Crippen molar-refractivity contribution in [3.8, 4) is 11.5 Å². The number of benzene rings is 2. The third kappa shape index (κ3) is 4.28. The molecule has 0 aromatic heterocycles. The Balaban J connectivity index is 1.45. The molecule has 5 nitrogen and oxygen atoms in total. The van der Waals surface area contributed by atoms with E-state index in [0.717, 1.165) is 36.3 Å². The quantitative estimate of drug-likeness (QED) is 0.765. The fraction of sp³-hybridized carbons (Fsp3) is 0.381. The maximum absolute atomic E-state index is 12.1. The minimum Gasteiger partial charge on any atom is -0.497 e. The standard InChI is InChI=1S/C21H26N2O3/c1-25-18-9-7-17(8-10-18)21(12-13-21)15-23-20(24)22-14-11-16-5-3-4-6-19(16)26-2/h3-10H,11-15H2,1-2H3,(H2,22,23,24). The molecular weight excluding hydrogens is 328 g/mol. The molecule has 0 saturated heterocycles. The molecular formula is C21H26N2O3. The number of urea groups is 1. The van der Waals surface area contributed by atoms with Crippen LogP contribution in [0.15, 0.2) is 48.5 Å². The second kappa shape index (κ2) is 8.13. The van der Waals surface area contributed by atoms with Gasteiger partial charge in [0.25, 0.3) is 0 Å². The van der Waals surface area contributed by atoms with Gasteiger partial charge in [-0.05, 0) is 48.6 Å². The molecule has 0 aliphatic heterocycles. The molecule has 3 rings (SSSR count). The lowest BCUT2D eigenvalue weighted by atomic mass is 9.96. The summed E-state index contributed by atoms with van der Waals surface area (Å²) in [6.45, 7) is 1.22. The van der Waals surface area contributed by atoms with Crippen molar-refractivity contribution in [2.75, 3.05) is 27.3 Å². The highest BCUT2D eigenvalue weighted by Gasteiger charge is 2.44. The number of carbonyl (C=O) groups is 1. The van der Waals surface area contributed by atoms with Gasteiger partial charge in [0.1, 0.15) is 11.5 Å². The number of carbonyl (C=O) groups excluding carboxylic acids is 1. The summed E-state index contributed by atoms with van der Waals surface area (Å²) in [6.07, 6.45) is 2.93. The largest absolute Gasteiger partial charge is 0.497 e. The van der Waals surface area contributed by atoms with Gasteiger partial charge < -0.3 is 20.1 Å². The monoisotopic (exact) mass is 354 g/mol. The molecule has 0 heterocycles. The smallest absolute Gasteiger partial charge is 0.314 e. The first-order valence-corrected chi connectivity index (χ1v) is 8.95. The topological polar surface area (TPSA) is 59.6 Å². The van der Waals surface area contributed by atoms with Crippen LogP contribution in [0.2, 0.25) is 0 Å². The van der Waals surface area contributed by atoms with Gasteiger partial charge in [-0.15, -0.1) is 0 Å². The third-order valence-corrected chi connectivity index (χ3v) is 5.02. The molecule has 0 radical (unpaired) electrons. The Kier molecular flexibility index (Phi) is 5.66. The SMILES string of the molecule is COc1ccc(C2(CNC(=O)NCCc3ccccc3OC)CC2)cc1. The first kappa shape index (κ1) is 18.1. The highest BCUT2D eigenvalue weighted by Crippen LogP contribution is 2.47. The van der Waals surface area contributed by atoms with Crippen LogP contribution in [0.3, 0.4) is 0 Å². The van der Waals surface area contributed by atoms with Crippen molar-refractivity contribution in [2.24, 2.45) is 0 Å². The average molecular weight is 354 g/mol. The number of nitrogens with one attached hydrogen (secondary N) is 2. The first-order valence-electron chi connectivity index (χ1n) is 8.95. The van der Waals surface area contributed by atoms with E-state index in [1.54, 1.807) is 14.2 Å². The van der Waals surface area contributed by atoms with Gasteiger partial charge in [0.2, 0.25) is 0 Å². The molecule has 2 N–H and O–H groups in total. The van der Waals surface area contributed by atoms with Crippen molar-refractivity contribution in [2.45, 2.75) is 24.7 Å². The maximum Gasteiger partial charge on any atom is 0.314 e. The van der Waals surface area contributed by atoms with E-state index >= 15 is 0 Å². The minimum absolute atomic E-state index is 0.0757. The maximum atomic E-state index is 12.1. The molecule has 1 aliphatic rings. The van der Waals surface area contributed by atoms with Crippen LogP contribution in [0.25, 0.3) is 0 Å². The van der Waals surface area contributed by atoms with Gasteiger partial charge in [-0.1, -0.05) is 30.3 Å². The van der Waals surface area contributed by atoms with Crippen LogP contribution in [0.1, 0.15) is 24.0 Å². The third-order valence-electron chi connectivity index (χ3n) is 5.02. The fourth-order valence-electron chi connectivity index (χ4n) is 3.20. The van der Waals surface area contributed by atoms with E-state index in [9.17, 15) is 4.79 Å². The number of amides is 2. The Morgan fingerprint density at radius 2 is 1.73 bits per heavy atom. The summed E-state index contributed by atoms with van der Waals surface area (Å²) in [7, 11) is 3.33. The molecule has 0 bridgehead atoms. The molecule has 2 aromatic carbocycles.